The van der Waals surface area contributed by atoms with E-state index in [9.17, 15) is 4.39 Å². The predicted molar refractivity (Wildman–Crippen MR) is 79.7 cm³/mol. The van der Waals surface area contributed by atoms with Crippen LogP contribution in [0.3, 0.4) is 0 Å². The van der Waals surface area contributed by atoms with Crippen LogP contribution in [0.2, 0.25) is 0 Å². The van der Waals surface area contributed by atoms with Crippen molar-refractivity contribution in [3.63, 3.8) is 0 Å². The van der Waals surface area contributed by atoms with E-state index in [1.807, 2.05) is 48.5 Å². The second kappa shape index (κ2) is 7.08. The van der Waals surface area contributed by atoms with Gasteiger partial charge in [-0.15, -0.1) is 0 Å². The molecule has 19 heavy (non-hydrogen) atoms. The minimum absolute atomic E-state index is 0.0507. The summed E-state index contributed by atoms with van der Waals surface area (Å²) in [6.45, 7) is 2.19. The van der Waals surface area contributed by atoms with E-state index in [-0.39, 0.29) is 5.82 Å². The third kappa shape index (κ3) is 3.66. The van der Waals surface area contributed by atoms with Crippen LogP contribution in [0.1, 0.15) is 38.2 Å². The van der Waals surface area contributed by atoms with Crippen molar-refractivity contribution in [2.75, 3.05) is 0 Å². The minimum atomic E-state index is -0.0507. The molecule has 0 aliphatic rings. The molecule has 0 aliphatic heterocycles. The number of aryl methyl sites for hydroxylation is 1. The summed E-state index contributed by atoms with van der Waals surface area (Å²) in [5.41, 5.74) is 2.52. The summed E-state index contributed by atoms with van der Waals surface area (Å²) in [5.74, 6) is -0.0507. The van der Waals surface area contributed by atoms with Gasteiger partial charge in [0.1, 0.15) is 5.82 Å². The molecule has 0 saturated heterocycles. The fraction of sp³-hybridized carbons (Fsp3) is 0.333. The third-order valence-electron chi connectivity index (χ3n) is 3.46. The molecule has 0 N–H and O–H groups in total. The van der Waals surface area contributed by atoms with Crippen molar-refractivity contribution >= 4 is 0 Å². The van der Waals surface area contributed by atoms with Gasteiger partial charge >= 0.3 is 0 Å². The van der Waals surface area contributed by atoms with Crippen molar-refractivity contribution in [1.82, 2.24) is 0 Å². The van der Waals surface area contributed by atoms with E-state index in [2.05, 4.69) is 6.92 Å². The van der Waals surface area contributed by atoms with Crippen LogP contribution in [0.5, 0.6) is 0 Å². The van der Waals surface area contributed by atoms with Gasteiger partial charge in [-0.3, -0.25) is 0 Å². The molecule has 0 radical (unpaired) electrons. The lowest BCUT2D eigenvalue weighted by molar-refractivity contribution is 0.596. The molecule has 0 nitrogen and oxygen atoms in total. The summed E-state index contributed by atoms with van der Waals surface area (Å²) in [6.07, 6.45) is 5.55. The van der Waals surface area contributed by atoms with Crippen molar-refractivity contribution in [1.29, 1.82) is 0 Å². The smallest absolute Gasteiger partial charge is 0.134 e. The highest BCUT2D eigenvalue weighted by Gasteiger charge is 2.09. The first-order valence-corrected chi connectivity index (χ1v) is 7.15. The molecule has 0 aliphatic carbocycles. The zero-order valence-electron chi connectivity index (χ0n) is 11.5. The highest BCUT2D eigenvalue weighted by molar-refractivity contribution is 5.64. The summed E-state index contributed by atoms with van der Waals surface area (Å²) in [6, 6.07) is 15.5. The molecule has 0 unspecified atom stereocenters. The van der Waals surface area contributed by atoms with E-state index in [1.165, 1.54) is 19.3 Å². The number of halogens is 1. The van der Waals surface area contributed by atoms with E-state index in [1.54, 1.807) is 0 Å². The van der Waals surface area contributed by atoms with Crippen LogP contribution in [-0.2, 0) is 6.42 Å². The summed E-state index contributed by atoms with van der Waals surface area (Å²) in [7, 11) is 0. The molecule has 0 bridgehead atoms. The molecule has 0 saturated carbocycles. The number of rotatable bonds is 6. The van der Waals surface area contributed by atoms with Gasteiger partial charge in [0.25, 0.3) is 0 Å². The minimum Gasteiger partial charge on any atom is -0.206 e. The molecular weight excluding hydrogens is 235 g/mol. The van der Waals surface area contributed by atoms with Gasteiger partial charge < -0.3 is 0 Å². The molecule has 0 amide bonds. The number of unbranched alkanes of at least 4 members (excludes halogenated alkanes) is 3. The molecule has 0 atom stereocenters. The van der Waals surface area contributed by atoms with Crippen molar-refractivity contribution in [3.05, 3.63) is 59.9 Å². The van der Waals surface area contributed by atoms with E-state index in [0.717, 1.165) is 24.0 Å². The standard InChI is InChI=1S/C18H21F/c1-2-3-4-6-12-16-13-9-14-17(18(16)19)15-10-7-5-8-11-15/h5,7-11,13-14H,2-4,6,12H2,1H3. The number of hydrogen-bond donors (Lipinski definition) is 0. The molecular formula is C18H21F. The van der Waals surface area contributed by atoms with Crippen LogP contribution in [0.4, 0.5) is 4.39 Å². The normalized spacial score (nSPS) is 10.6. The van der Waals surface area contributed by atoms with Gasteiger partial charge in [-0.25, -0.2) is 4.39 Å². The number of benzene rings is 2. The lowest BCUT2D eigenvalue weighted by atomic mass is 9.99. The quantitative estimate of drug-likeness (QED) is 0.589. The van der Waals surface area contributed by atoms with Gasteiger partial charge in [-0.1, -0.05) is 74.7 Å². The maximum absolute atomic E-state index is 14.5. The van der Waals surface area contributed by atoms with Gasteiger partial charge in [-0.05, 0) is 24.0 Å². The van der Waals surface area contributed by atoms with Gasteiger partial charge in [0.2, 0.25) is 0 Å². The van der Waals surface area contributed by atoms with E-state index in [4.69, 9.17) is 0 Å². The Morgan fingerprint density at radius 3 is 2.37 bits per heavy atom. The molecule has 2 rings (SSSR count). The Balaban J connectivity index is 2.14. The molecule has 0 heterocycles. The van der Waals surface area contributed by atoms with Crippen LogP contribution in [-0.4, -0.2) is 0 Å². The first-order chi connectivity index (χ1) is 9.33. The fourth-order valence-corrected chi connectivity index (χ4v) is 2.36. The van der Waals surface area contributed by atoms with Crippen LogP contribution < -0.4 is 0 Å². The Labute approximate surface area is 115 Å². The van der Waals surface area contributed by atoms with Gasteiger partial charge in [0.05, 0.1) is 0 Å². The van der Waals surface area contributed by atoms with E-state index in [0.29, 0.717) is 5.56 Å². The van der Waals surface area contributed by atoms with Gasteiger partial charge in [0.15, 0.2) is 0 Å². The summed E-state index contributed by atoms with van der Waals surface area (Å²) in [5, 5.41) is 0. The van der Waals surface area contributed by atoms with E-state index >= 15 is 0 Å². The molecule has 0 fully saturated rings. The lowest BCUT2D eigenvalue weighted by Crippen LogP contribution is -1.94. The second-order valence-electron chi connectivity index (χ2n) is 4.96. The molecule has 0 spiro atoms. The maximum Gasteiger partial charge on any atom is 0.134 e. The van der Waals surface area contributed by atoms with Crippen LogP contribution in [0, 0.1) is 5.82 Å². The first-order valence-electron chi connectivity index (χ1n) is 7.15. The fourth-order valence-electron chi connectivity index (χ4n) is 2.36. The van der Waals surface area contributed by atoms with Crippen molar-refractivity contribution in [2.45, 2.75) is 39.0 Å². The lowest BCUT2D eigenvalue weighted by Gasteiger charge is -2.08. The van der Waals surface area contributed by atoms with Gasteiger partial charge in [-0.2, -0.15) is 0 Å². The Morgan fingerprint density at radius 1 is 0.842 bits per heavy atom. The SMILES string of the molecule is CCCCCCc1cccc(-c2ccccc2)c1F. The second-order valence-corrected chi connectivity index (χ2v) is 4.96. The Hall–Kier alpha value is -1.63. The predicted octanol–water partition coefficient (Wildman–Crippen LogP) is 5.62. The molecule has 1 heteroatoms. The monoisotopic (exact) mass is 256 g/mol. The highest BCUT2D eigenvalue weighted by atomic mass is 19.1. The van der Waals surface area contributed by atoms with Crippen LogP contribution >= 0.6 is 0 Å². The summed E-state index contributed by atoms with van der Waals surface area (Å²) >= 11 is 0. The summed E-state index contributed by atoms with van der Waals surface area (Å²) < 4.78 is 14.5. The maximum atomic E-state index is 14.5. The third-order valence-corrected chi connectivity index (χ3v) is 3.46. The Bertz CT molecular complexity index is 502. The molecule has 0 aromatic heterocycles. The van der Waals surface area contributed by atoms with Crippen molar-refractivity contribution in [2.24, 2.45) is 0 Å². The molecule has 100 valence electrons. The first kappa shape index (κ1) is 13.8. The number of hydrogen-bond acceptors (Lipinski definition) is 0. The zero-order chi connectivity index (χ0) is 13.5. The van der Waals surface area contributed by atoms with Crippen molar-refractivity contribution < 1.29 is 4.39 Å². The van der Waals surface area contributed by atoms with Crippen LogP contribution in [0.25, 0.3) is 11.1 Å². The average molecular weight is 256 g/mol. The van der Waals surface area contributed by atoms with Crippen molar-refractivity contribution in [3.8, 4) is 11.1 Å². The largest absolute Gasteiger partial charge is 0.206 e. The average Bonchev–Trinajstić information content (AvgIpc) is 2.46. The Kier molecular flexibility index (Phi) is 5.14. The molecule has 2 aromatic rings. The summed E-state index contributed by atoms with van der Waals surface area (Å²) in [4.78, 5) is 0. The Morgan fingerprint density at radius 2 is 1.63 bits per heavy atom. The van der Waals surface area contributed by atoms with Crippen LogP contribution in [0.15, 0.2) is 48.5 Å². The topological polar surface area (TPSA) is 0 Å². The van der Waals surface area contributed by atoms with E-state index < -0.39 is 0 Å². The highest BCUT2D eigenvalue weighted by Crippen LogP contribution is 2.25. The van der Waals surface area contributed by atoms with Gasteiger partial charge in [0, 0.05) is 5.56 Å². The zero-order valence-corrected chi connectivity index (χ0v) is 11.5. The molecule has 2 aromatic carbocycles.